The van der Waals surface area contributed by atoms with Gasteiger partial charge in [-0.3, -0.25) is 14.0 Å². The van der Waals surface area contributed by atoms with Crippen molar-refractivity contribution < 1.29 is 14.3 Å². The molecule has 0 saturated carbocycles. The van der Waals surface area contributed by atoms with Crippen molar-refractivity contribution in [3.8, 4) is 23.0 Å². The summed E-state index contributed by atoms with van der Waals surface area (Å²) in [6, 6.07) is 21.4. The van der Waals surface area contributed by atoms with Crippen LogP contribution in [0.5, 0.6) is 11.6 Å². The van der Waals surface area contributed by atoms with Crippen LogP contribution in [0.3, 0.4) is 0 Å². The van der Waals surface area contributed by atoms with Crippen LogP contribution in [0.4, 0.5) is 5.69 Å². The topological polar surface area (TPSA) is 79.2 Å². The van der Waals surface area contributed by atoms with Gasteiger partial charge in [0.2, 0.25) is 5.88 Å². The molecule has 39 heavy (non-hydrogen) atoms. The van der Waals surface area contributed by atoms with Gasteiger partial charge in [0.25, 0.3) is 11.8 Å². The molecule has 1 N–H and O–H groups in total. The number of pyridine rings is 1. The first kappa shape index (κ1) is 23.3. The van der Waals surface area contributed by atoms with Crippen molar-refractivity contribution in [1.29, 1.82) is 0 Å². The van der Waals surface area contributed by atoms with Crippen molar-refractivity contribution in [2.45, 2.75) is 19.8 Å². The molecule has 2 amide bonds. The highest BCUT2D eigenvalue weighted by Crippen LogP contribution is 2.46. The van der Waals surface area contributed by atoms with Crippen LogP contribution in [0.25, 0.3) is 28.3 Å². The lowest BCUT2D eigenvalue weighted by atomic mass is 10.0. The zero-order valence-electron chi connectivity index (χ0n) is 22.0. The van der Waals surface area contributed by atoms with Crippen LogP contribution in [0.15, 0.2) is 77.9 Å². The fourth-order valence-corrected chi connectivity index (χ4v) is 5.62. The Morgan fingerprint density at radius 2 is 1.74 bits per heavy atom. The summed E-state index contributed by atoms with van der Waals surface area (Å²) in [5.41, 5.74) is 5.95. The summed E-state index contributed by atoms with van der Waals surface area (Å²) in [4.78, 5) is 36.4. The highest BCUT2D eigenvalue weighted by molar-refractivity contribution is 6.30. The number of nitrogens with zero attached hydrogens (tertiary/aromatic N) is 4. The maximum absolute atomic E-state index is 14.0. The van der Waals surface area contributed by atoms with Crippen molar-refractivity contribution in [2.24, 2.45) is 0 Å². The summed E-state index contributed by atoms with van der Waals surface area (Å²) < 4.78 is 8.09. The Morgan fingerprint density at radius 1 is 0.949 bits per heavy atom. The van der Waals surface area contributed by atoms with E-state index >= 15 is 0 Å². The summed E-state index contributed by atoms with van der Waals surface area (Å²) >= 11 is 0. The molecular formula is C31H27N5O3. The Bertz CT molecular complexity index is 1760. The second kappa shape index (κ2) is 8.59. The second-order valence-corrected chi connectivity index (χ2v) is 10.1. The smallest absolute Gasteiger partial charge is 0.261 e. The van der Waals surface area contributed by atoms with E-state index in [-0.39, 0.29) is 11.8 Å². The highest BCUT2D eigenvalue weighted by Gasteiger charge is 2.46. The van der Waals surface area contributed by atoms with Gasteiger partial charge in [-0.1, -0.05) is 43.7 Å². The van der Waals surface area contributed by atoms with Gasteiger partial charge in [0.05, 0.1) is 33.6 Å². The van der Waals surface area contributed by atoms with E-state index in [1.807, 2.05) is 90.1 Å². The number of hydrogen-bond donors (Lipinski definition) is 1. The monoisotopic (exact) mass is 517 g/mol. The number of amides is 2. The first-order valence-electron chi connectivity index (χ1n) is 13.2. The van der Waals surface area contributed by atoms with Crippen LogP contribution in [0.1, 0.15) is 31.0 Å². The number of para-hydroxylation sites is 1. The van der Waals surface area contributed by atoms with E-state index in [0.29, 0.717) is 46.5 Å². The molecule has 0 aliphatic carbocycles. The molecule has 8 heteroatoms. The largest absolute Gasteiger partial charge is 0.440 e. The fourth-order valence-electron chi connectivity index (χ4n) is 5.62. The summed E-state index contributed by atoms with van der Waals surface area (Å²) in [6.45, 7) is 2.63. The first-order valence-corrected chi connectivity index (χ1v) is 13.2. The third-order valence-corrected chi connectivity index (χ3v) is 7.53. The molecule has 0 atom stereocenters. The Balaban J connectivity index is 1.45. The van der Waals surface area contributed by atoms with Crippen LogP contribution < -0.4 is 15.0 Å². The molecule has 3 aliphatic rings. The van der Waals surface area contributed by atoms with Gasteiger partial charge in [0, 0.05) is 26.3 Å². The lowest BCUT2D eigenvalue weighted by molar-refractivity contribution is -0.123. The maximum Gasteiger partial charge on any atom is 0.261 e. The Morgan fingerprint density at radius 3 is 2.51 bits per heavy atom. The minimum atomic E-state index is -0.288. The van der Waals surface area contributed by atoms with E-state index in [1.54, 1.807) is 4.90 Å². The SMILES string of the molecule is CCCCN1C(=O)C2=C(c3nc4n5c(cccc35)Oc3ccccc3-4)NC(=O)C2=C1c1ccc(N(C)C)cc1. The van der Waals surface area contributed by atoms with Gasteiger partial charge < -0.3 is 19.9 Å². The van der Waals surface area contributed by atoms with Crippen molar-refractivity contribution in [3.63, 3.8) is 0 Å². The second-order valence-electron chi connectivity index (χ2n) is 10.1. The van der Waals surface area contributed by atoms with Gasteiger partial charge in [-0.15, -0.1) is 0 Å². The lowest BCUT2D eigenvalue weighted by Crippen LogP contribution is -2.28. The van der Waals surface area contributed by atoms with Gasteiger partial charge in [0.1, 0.15) is 11.4 Å². The average Bonchev–Trinajstić information content (AvgIpc) is 3.59. The minimum absolute atomic E-state index is 0.177. The van der Waals surface area contributed by atoms with Crippen LogP contribution in [0.2, 0.25) is 0 Å². The molecular weight excluding hydrogens is 490 g/mol. The van der Waals surface area contributed by atoms with Crippen LogP contribution in [0, 0.1) is 0 Å². The molecule has 2 aromatic heterocycles. The number of anilines is 1. The Labute approximate surface area is 225 Å². The highest BCUT2D eigenvalue weighted by atomic mass is 16.5. The number of unbranched alkanes of at least 4 members (excludes halogenated alkanes) is 1. The fraction of sp³-hybridized carbons (Fsp3) is 0.194. The number of benzene rings is 2. The molecule has 0 fully saturated rings. The number of ether oxygens (including phenoxy) is 1. The molecule has 0 spiro atoms. The summed E-state index contributed by atoms with van der Waals surface area (Å²) in [5.74, 6) is 1.60. The normalized spacial score (nSPS) is 15.6. The Hall–Kier alpha value is -4.85. The maximum atomic E-state index is 14.0. The lowest BCUT2D eigenvalue weighted by Gasteiger charge is -2.22. The minimum Gasteiger partial charge on any atom is -0.440 e. The van der Waals surface area contributed by atoms with Gasteiger partial charge in [-0.2, -0.15) is 0 Å². The number of aromatic nitrogens is 2. The number of fused-ring (bicyclic) bond motifs is 3. The predicted molar refractivity (Wildman–Crippen MR) is 150 cm³/mol. The predicted octanol–water partition coefficient (Wildman–Crippen LogP) is 5.07. The number of carbonyl (C=O) groups is 2. The standard InChI is InChI=1S/C31H27N5O3/c1-4-5-17-35-28(18-13-15-19(16-14-18)34(2)3)25-24(31(35)38)27(33-30(25)37)26-21-10-8-12-23-36(21)29(32-26)20-9-6-7-11-22(20)39-23/h6-16H,4-5,17H2,1-3H3,(H,33,37). The van der Waals surface area contributed by atoms with Crippen LogP contribution in [-0.4, -0.2) is 46.7 Å². The molecule has 0 bridgehead atoms. The van der Waals surface area contributed by atoms with Crippen molar-refractivity contribution in [3.05, 3.63) is 89.1 Å². The zero-order valence-corrected chi connectivity index (χ0v) is 22.0. The number of nitrogens with one attached hydrogen (secondary N) is 1. The molecule has 5 heterocycles. The molecule has 7 rings (SSSR count). The summed E-state index contributed by atoms with van der Waals surface area (Å²) in [7, 11) is 3.97. The molecule has 194 valence electrons. The molecule has 0 saturated heterocycles. The molecule has 8 nitrogen and oxygen atoms in total. The van der Waals surface area contributed by atoms with E-state index in [0.717, 1.165) is 40.9 Å². The number of imidazole rings is 1. The first-order chi connectivity index (χ1) is 19.0. The summed E-state index contributed by atoms with van der Waals surface area (Å²) in [5, 5.41) is 3.01. The molecule has 4 aromatic rings. The summed E-state index contributed by atoms with van der Waals surface area (Å²) in [6.07, 6.45) is 1.76. The number of hydrogen-bond acceptors (Lipinski definition) is 5. The Kier molecular flexibility index (Phi) is 5.13. The molecule has 0 radical (unpaired) electrons. The van der Waals surface area contributed by atoms with E-state index in [1.165, 1.54) is 0 Å². The van der Waals surface area contributed by atoms with Crippen molar-refractivity contribution in [1.82, 2.24) is 19.6 Å². The van der Waals surface area contributed by atoms with Gasteiger partial charge in [0.15, 0.2) is 5.82 Å². The third kappa shape index (κ3) is 3.34. The van der Waals surface area contributed by atoms with E-state index in [9.17, 15) is 9.59 Å². The van der Waals surface area contributed by atoms with Crippen LogP contribution in [-0.2, 0) is 9.59 Å². The van der Waals surface area contributed by atoms with Gasteiger partial charge >= 0.3 is 0 Å². The van der Waals surface area contributed by atoms with Gasteiger partial charge in [-0.05, 0) is 48.4 Å². The third-order valence-electron chi connectivity index (χ3n) is 7.53. The van der Waals surface area contributed by atoms with Crippen molar-refractivity contribution in [2.75, 3.05) is 25.5 Å². The van der Waals surface area contributed by atoms with Crippen molar-refractivity contribution >= 4 is 34.4 Å². The van der Waals surface area contributed by atoms with E-state index < -0.39 is 0 Å². The number of rotatable bonds is 6. The number of carbonyl (C=O) groups excluding carboxylic acids is 2. The molecule has 3 aliphatic heterocycles. The molecule has 0 unspecified atom stereocenters. The molecule has 2 aromatic carbocycles. The van der Waals surface area contributed by atoms with E-state index in [2.05, 4.69) is 12.2 Å². The van der Waals surface area contributed by atoms with Crippen LogP contribution >= 0.6 is 0 Å². The quantitative estimate of drug-likeness (QED) is 0.340. The van der Waals surface area contributed by atoms with Gasteiger partial charge in [-0.25, -0.2) is 4.98 Å². The average molecular weight is 518 g/mol. The zero-order chi connectivity index (χ0) is 26.8. The van der Waals surface area contributed by atoms with E-state index in [4.69, 9.17) is 9.72 Å².